The van der Waals surface area contributed by atoms with E-state index >= 15 is 0 Å². The van der Waals surface area contributed by atoms with Crippen molar-refractivity contribution in [2.24, 2.45) is 0 Å². The zero-order valence-electron chi connectivity index (χ0n) is 12.3. The van der Waals surface area contributed by atoms with E-state index in [1.165, 1.54) is 6.07 Å². The second-order valence-electron chi connectivity index (χ2n) is 5.69. The Hall–Kier alpha value is -2.22. The number of rotatable bonds is 2. The number of hydrogen-bond donors (Lipinski definition) is 1. The van der Waals surface area contributed by atoms with E-state index in [4.69, 9.17) is 10.00 Å². The third-order valence-electron chi connectivity index (χ3n) is 4.15. The number of benzene rings is 2. The molecule has 1 heterocycles. The second-order valence-corrected chi connectivity index (χ2v) is 5.69. The van der Waals surface area contributed by atoms with Crippen LogP contribution in [-0.4, -0.2) is 13.2 Å². The Kier molecular flexibility index (Phi) is 3.93. The predicted octanol–water partition coefficient (Wildman–Crippen LogP) is 3.27. The molecule has 2 aromatic rings. The number of morpholine rings is 1. The molecule has 2 aromatic carbocycles. The summed E-state index contributed by atoms with van der Waals surface area (Å²) in [6, 6.07) is 16.5. The van der Waals surface area contributed by atoms with E-state index in [1.807, 2.05) is 36.4 Å². The van der Waals surface area contributed by atoms with Crippen molar-refractivity contribution in [2.75, 3.05) is 13.2 Å². The quantitative estimate of drug-likeness (QED) is 0.925. The van der Waals surface area contributed by atoms with Crippen molar-refractivity contribution in [3.63, 3.8) is 0 Å². The number of nitriles is 1. The molecule has 0 aliphatic carbocycles. The molecule has 112 valence electrons. The fourth-order valence-corrected chi connectivity index (χ4v) is 2.73. The molecule has 3 nitrogen and oxygen atoms in total. The molecule has 22 heavy (non-hydrogen) atoms. The normalized spacial score (nSPS) is 24.7. The average molecular weight is 296 g/mol. The van der Waals surface area contributed by atoms with E-state index in [1.54, 1.807) is 12.1 Å². The molecular formula is C18H17FN2O. The molecule has 0 aromatic heterocycles. The van der Waals surface area contributed by atoms with Crippen molar-refractivity contribution < 1.29 is 9.13 Å². The first-order valence-corrected chi connectivity index (χ1v) is 7.25. The van der Waals surface area contributed by atoms with Gasteiger partial charge in [-0.15, -0.1) is 0 Å². The van der Waals surface area contributed by atoms with Crippen LogP contribution in [0, 0.1) is 17.1 Å². The highest BCUT2D eigenvalue weighted by Crippen LogP contribution is 2.31. The Morgan fingerprint density at radius 2 is 2.05 bits per heavy atom. The average Bonchev–Trinajstić information content (AvgIpc) is 2.57. The van der Waals surface area contributed by atoms with E-state index < -0.39 is 5.82 Å². The zero-order valence-corrected chi connectivity index (χ0v) is 12.3. The Balaban J connectivity index is 1.76. The van der Waals surface area contributed by atoms with Gasteiger partial charge < -0.3 is 10.1 Å². The molecule has 1 saturated heterocycles. The summed E-state index contributed by atoms with van der Waals surface area (Å²) in [7, 11) is 0. The maximum Gasteiger partial charge on any atom is 0.140 e. The number of nitrogens with zero attached hydrogens (tertiary/aromatic N) is 1. The minimum atomic E-state index is -0.489. The molecule has 1 aliphatic heterocycles. The lowest BCUT2D eigenvalue weighted by Crippen LogP contribution is -2.47. The minimum Gasteiger partial charge on any atom is -0.367 e. The summed E-state index contributed by atoms with van der Waals surface area (Å²) in [5.41, 5.74) is 1.68. The van der Waals surface area contributed by atoms with Gasteiger partial charge in [0.25, 0.3) is 0 Å². The molecular weight excluding hydrogens is 279 g/mol. The summed E-state index contributed by atoms with van der Waals surface area (Å²) >= 11 is 0. The molecule has 1 aliphatic rings. The van der Waals surface area contributed by atoms with Gasteiger partial charge in [0.05, 0.1) is 18.2 Å². The van der Waals surface area contributed by atoms with Gasteiger partial charge in [-0.1, -0.05) is 36.4 Å². The fraction of sp³-hybridized carbons (Fsp3) is 0.278. The molecule has 4 heteroatoms. The van der Waals surface area contributed by atoms with Crippen molar-refractivity contribution in [1.82, 2.24) is 5.32 Å². The van der Waals surface area contributed by atoms with Crippen LogP contribution in [0.4, 0.5) is 4.39 Å². The van der Waals surface area contributed by atoms with Crippen molar-refractivity contribution in [3.8, 4) is 6.07 Å². The summed E-state index contributed by atoms with van der Waals surface area (Å²) in [5.74, 6) is -0.489. The maximum atomic E-state index is 13.4. The van der Waals surface area contributed by atoms with Gasteiger partial charge in [-0.05, 0) is 30.2 Å². The van der Waals surface area contributed by atoms with Crippen LogP contribution in [0.15, 0.2) is 48.5 Å². The van der Waals surface area contributed by atoms with Crippen LogP contribution in [0.1, 0.15) is 29.7 Å². The van der Waals surface area contributed by atoms with Gasteiger partial charge in [-0.3, -0.25) is 0 Å². The van der Waals surface area contributed by atoms with E-state index in [2.05, 4.69) is 12.2 Å². The largest absolute Gasteiger partial charge is 0.367 e. The Morgan fingerprint density at radius 1 is 1.27 bits per heavy atom. The van der Waals surface area contributed by atoms with Crippen LogP contribution in [0.5, 0.6) is 0 Å². The standard InChI is InChI=1S/C18H17FN2O/c1-18(15-5-3-2-4-6-15)12-21-17(11-22-18)13-7-8-16(19)14(9-13)10-20/h2-9,17,21H,11-12H2,1H3/t17-,18+/m0/s1. The summed E-state index contributed by atoms with van der Waals surface area (Å²) in [6.45, 7) is 3.18. The SMILES string of the molecule is C[C@]1(c2ccccc2)CN[C@H](c2ccc(F)c(C#N)c2)CO1. The van der Waals surface area contributed by atoms with Crippen LogP contribution in [0.2, 0.25) is 0 Å². The highest BCUT2D eigenvalue weighted by Gasteiger charge is 2.33. The fourth-order valence-electron chi connectivity index (χ4n) is 2.73. The summed E-state index contributed by atoms with van der Waals surface area (Å²) in [6.07, 6.45) is 0. The van der Waals surface area contributed by atoms with Crippen LogP contribution in [0.3, 0.4) is 0 Å². The number of halogens is 1. The van der Waals surface area contributed by atoms with Crippen molar-refractivity contribution in [3.05, 3.63) is 71.0 Å². The molecule has 0 amide bonds. The molecule has 1 fully saturated rings. The van der Waals surface area contributed by atoms with Gasteiger partial charge in [0.15, 0.2) is 0 Å². The van der Waals surface area contributed by atoms with Crippen molar-refractivity contribution >= 4 is 0 Å². The summed E-state index contributed by atoms with van der Waals surface area (Å²) in [4.78, 5) is 0. The number of hydrogen-bond acceptors (Lipinski definition) is 3. The van der Waals surface area contributed by atoms with Crippen LogP contribution in [0.25, 0.3) is 0 Å². The van der Waals surface area contributed by atoms with E-state index in [-0.39, 0.29) is 17.2 Å². The first-order valence-electron chi connectivity index (χ1n) is 7.25. The van der Waals surface area contributed by atoms with Gasteiger partial charge in [-0.25, -0.2) is 4.39 Å². The Bertz CT molecular complexity index is 701. The van der Waals surface area contributed by atoms with Gasteiger partial charge in [-0.2, -0.15) is 5.26 Å². The van der Waals surface area contributed by atoms with E-state index in [0.29, 0.717) is 13.2 Å². The number of nitrogens with one attached hydrogen (secondary N) is 1. The van der Waals surface area contributed by atoms with Gasteiger partial charge in [0, 0.05) is 6.54 Å². The van der Waals surface area contributed by atoms with Crippen LogP contribution in [-0.2, 0) is 10.3 Å². The monoisotopic (exact) mass is 296 g/mol. The molecule has 0 radical (unpaired) electrons. The predicted molar refractivity (Wildman–Crippen MR) is 81.6 cm³/mol. The van der Waals surface area contributed by atoms with Gasteiger partial charge >= 0.3 is 0 Å². The lowest BCUT2D eigenvalue weighted by molar-refractivity contribution is -0.0765. The lowest BCUT2D eigenvalue weighted by atomic mass is 9.92. The zero-order chi connectivity index (χ0) is 15.6. The first-order chi connectivity index (χ1) is 10.6. The van der Waals surface area contributed by atoms with Crippen molar-refractivity contribution in [2.45, 2.75) is 18.6 Å². The first kappa shape index (κ1) is 14.7. The van der Waals surface area contributed by atoms with E-state index in [0.717, 1.165) is 11.1 Å². The highest BCUT2D eigenvalue weighted by molar-refractivity contribution is 5.36. The molecule has 3 rings (SSSR count). The third-order valence-corrected chi connectivity index (χ3v) is 4.15. The maximum absolute atomic E-state index is 13.4. The Labute approximate surface area is 129 Å². The molecule has 0 unspecified atom stereocenters. The summed E-state index contributed by atoms with van der Waals surface area (Å²) in [5, 5.41) is 12.4. The van der Waals surface area contributed by atoms with Crippen LogP contribution < -0.4 is 5.32 Å². The summed E-state index contributed by atoms with van der Waals surface area (Å²) < 4.78 is 19.5. The molecule has 1 N–H and O–H groups in total. The lowest BCUT2D eigenvalue weighted by Gasteiger charge is -2.39. The van der Waals surface area contributed by atoms with Crippen molar-refractivity contribution in [1.29, 1.82) is 5.26 Å². The molecule has 0 bridgehead atoms. The third kappa shape index (κ3) is 2.74. The highest BCUT2D eigenvalue weighted by atomic mass is 19.1. The molecule has 0 saturated carbocycles. The Morgan fingerprint density at radius 3 is 2.68 bits per heavy atom. The molecule has 2 atom stereocenters. The number of ether oxygens (including phenoxy) is 1. The molecule has 0 spiro atoms. The topological polar surface area (TPSA) is 45.0 Å². The van der Waals surface area contributed by atoms with Gasteiger partial charge in [0.2, 0.25) is 0 Å². The second kappa shape index (κ2) is 5.88. The van der Waals surface area contributed by atoms with Gasteiger partial charge in [0.1, 0.15) is 17.5 Å². The minimum absolute atomic E-state index is 0.0375. The van der Waals surface area contributed by atoms with E-state index in [9.17, 15) is 4.39 Å². The van der Waals surface area contributed by atoms with Crippen LogP contribution >= 0.6 is 0 Å². The smallest absolute Gasteiger partial charge is 0.140 e.